The molecule has 0 unspecified atom stereocenters. The van der Waals surface area contributed by atoms with E-state index >= 15 is 0 Å². The van der Waals surface area contributed by atoms with Crippen LogP contribution in [-0.2, 0) is 10.0 Å². The summed E-state index contributed by atoms with van der Waals surface area (Å²) in [6.45, 7) is 2.04. The van der Waals surface area contributed by atoms with Crippen molar-refractivity contribution in [2.24, 2.45) is 5.92 Å². The SMILES string of the molecule is Cc1ccc(C#CCO)cc1S(=O)(=O)NCC1CCCC1. The highest BCUT2D eigenvalue weighted by atomic mass is 32.2. The minimum atomic E-state index is -3.51. The zero-order valence-corrected chi connectivity index (χ0v) is 13.0. The molecule has 1 aliphatic carbocycles. The molecule has 2 rings (SSSR count). The Morgan fingerprint density at radius 3 is 2.71 bits per heavy atom. The number of rotatable bonds is 4. The molecular weight excluding hydrogens is 286 g/mol. The van der Waals surface area contributed by atoms with Gasteiger partial charge in [-0.1, -0.05) is 30.7 Å². The van der Waals surface area contributed by atoms with E-state index in [1.807, 2.05) is 0 Å². The maximum absolute atomic E-state index is 12.4. The smallest absolute Gasteiger partial charge is 0.240 e. The van der Waals surface area contributed by atoms with Crippen molar-refractivity contribution in [3.8, 4) is 11.8 Å². The first kappa shape index (κ1) is 16.0. The van der Waals surface area contributed by atoms with Crippen LogP contribution in [0, 0.1) is 24.7 Å². The van der Waals surface area contributed by atoms with Crippen LogP contribution < -0.4 is 4.72 Å². The molecule has 0 amide bonds. The molecule has 1 fully saturated rings. The first-order chi connectivity index (χ1) is 10.0. The van der Waals surface area contributed by atoms with Crippen molar-refractivity contribution in [3.05, 3.63) is 29.3 Å². The van der Waals surface area contributed by atoms with E-state index < -0.39 is 10.0 Å². The fourth-order valence-corrected chi connectivity index (χ4v) is 4.01. The molecular formula is C16H21NO3S. The van der Waals surface area contributed by atoms with Gasteiger partial charge in [-0.15, -0.1) is 0 Å². The molecule has 1 aromatic rings. The van der Waals surface area contributed by atoms with Crippen molar-refractivity contribution in [2.75, 3.05) is 13.2 Å². The number of aryl methyl sites for hydroxylation is 1. The summed E-state index contributed by atoms with van der Waals surface area (Å²) in [6, 6.07) is 5.06. The lowest BCUT2D eigenvalue weighted by atomic mass is 10.1. The quantitative estimate of drug-likeness (QED) is 0.834. The summed E-state index contributed by atoms with van der Waals surface area (Å²) in [5.74, 6) is 5.72. The monoisotopic (exact) mass is 307 g/mol. The molecule has 1 aromatic carbocycles. The third kappa shape index (κ3) is 4.31. The predicted molar refractivity (Wildman–Crippen MR) is 82.3 cm³/mol. The van der Waals surface area contributed by atoms with Crippen molar-refractivity contribution in [1.29, 1.82) is 0 Å². The topological polar surface area (TPSA) is 66.4 Å². The van der Waals surface area contributed by atoms with Crippen molar-refractivity contribution >= 4 is 10.0 Å². The number of aliphatic hydroxyl groups excluding tert-OH is 1. The number of hydrogen-bond acceptors (Lipinski definition) is 3. The highest BCUT2D eigenvalue weighted by Crippen LogP contribution is 2.24. The molecule has 21 heavy (non-hydrogen) atoms. The van der Waals surface area contributed by atoms with Crippen LogP contribution in [0.25, 0.3) is 0 Å². The first-order valence-corrected chi connectivity index (χ1v) is 8.71. The lowest BCUT2D eigenvalue weighted by Gasteiger charge is -2.13. The van der Waals surface area contributed by atoms with Crippen LogP contribution in [0.5, 0.6) is 0 Å². The minimum Gasteiger partial charge on any atom is -0.384 e. The van der Waals surface area contributed by atoms with E-state index in [-0.39, 0.29) is 11.5 Å². The van der Waals surface area contributed by atoms with Crippen molar-refractivity contribution in [2.45, 2.75) is 37.5 Å². The van der Waals surface area contributed by atoms with Crippen molar-refractivity contribution < 1.29 is 13.5 Å². The Balaban J connectivity index is 2.17. The van der Waals surface area contributed by atoms with E-state index in [2.05, 4.69) is 16.6 Å². The van der Waals surface area contributed by atoms with Gasteiger partial charge in [0.15, 0.2) is 0 Å². The molecule has 1 aliphatic rings. The van der Waals surface area contributed by atoms with Gasteiger partial charge >= 0.3 is 0 Å². The zero-order chi connectivity index (χ0) is 15.3. The lowest BCUT2D eigenvalue weighted by Crippen LogP contribution is -2.29. The second kappa shape index (κ2) is 7.08. The molecule has 0 heterocycles. The van der Waals surface area contributed by atoms with Gasteiger partial charge in [-0.3, -0.25) is 0 Å². The average molecular weight is 307 g/mol. The summed E-state index contributed by atoms with van der Waals surface area (Å²) in [5, 5.41) is 8.71. The van der Waals surface area contributed by atoms with E-state index in [4.69, 9.17) is 5.11 Å². The van der Waals surface area contributed by atoms with E-state index in [0.29, 0.717) is 23.6 Å². The van der Waals surface area contributed by atoms with Crippen LogP contribution in [-0.4, -0.2) is 26.7 Å². The van der Waals surface area contributed by atoms with E-state index in [1.54, 1.807) is 25.1 Å². The lowest BCUT2D eigenvalue weighted by molar-refractivity contribution is 0.350. The molecule has 0 bridgehead atoms. The highest BCUT2D eigenvalue weighted by molar-refractivity contribution is 7.89. The van der Waals surface area contributed by atoms with Crippen LogP contribution in [0.1, 0.15) is 36.8 Å². The summed E-state index contributed by atoms with van der Waals surface area (Å²) in [5.41, 5.74) is 1.29. The van der Waals surface area contributed by atoms with Gasteiger partial charge in [0.1, 0.15) is 6.61 Å². The van der Waals surface area contributed by atoms with Gasteiger partial charge in [-0.2, -0.15) is 0 Å². The highest BCUT2D eigenvalue weighted by Gasteiger charge is 2.21. The molecule has 2 N–H and O–H groups in total. The summed E-state index contributed by atoms with van der Waals surface area (Å²) < 4.78 is 27.6. The number of benzene rings is 1. The minimum absolute atomic E-state index is 0.240. The molecule has 5 heteroatoms. The predicted octanol–water partition coefficient (Wildman–Crippen LogP) is 1.81. The van der Waals surface area contributed by atoms with E-state index in [0.717, 1.165) is 12.8 Å². The van der Waals surface area contributed by atoms with Crippen LogP contribution in [0.3, 0.4) is 0 Å². The van der Waals surface area contributed by atoms with Gasteiger partial charge in [-0.05, 0) is 43.4 Å². The largest absolute Gasteiger partial charge is 0.384 e. The summed E-state index contributed by atoms with van der Waals surface area (Å²) >= 11 is 0. The third-order valence-corrected chi connectivity index (χ3v) is 5.39. The molecule has 0 aromatic heterocycles. The van der Waals surface area contributed by atoms with Crippen molar-refractivity contribution in [3.63, 3.8) is 0 Å². The molecule has 0 spiro atoms. The standard InChI is InChI=1S/C16H21NO3S/c1-13-8-9-14(7-4-10-18)11-16(13)21(19,20)17-12-15-5-2-3-6-15/h8-9,11,15,17-18H,2-3,5-6,10,12H2,1H3. The summed E-state index contributed by atoms with van der Waals surface area (Å²) in [7, 11) is -3.51. The molecule has 4 nitrogen and oxygen atoms in total. The second-order valence-electron chi connectivity index (χ2n) is 5.44. The molecule has 0 aliphatic heterocycles. The van der Waals surface area contributed by atoms with Crippen LogP contribution in [0.2, 0.25) is 0 Å². The molecule has 0 saturated heterocycles. The van der Waals surface area contributed by atoms with Gasteiger partial charge in [0, 0.05) is 12.1 Å². The number of sulfonamides is 1. The van der Waals surface area contributed by atoms with Gasteiger partial charge in [0.25, 0.3) is 0 Å². The Bertz CT molecular complexity index is 650. The maximum atomic E-state index is 12.4. The average Bonchev–Trinajstić information content (AvgIpc) is 2.97. The zero-order valence-electron chi connectivity index (χ0n) is 12.2. The third-order valence-electron chi connectivity index (χ3n) is 3.83. The Kier molecular flexibility index (Phi) is 5.40. The van der Waals surface area contributed by atoms with Crippen LogP contribution >= 0.6 is 0 Å². The van der Waals surface area contributed by atoms with E-state index in [9.17, 15) is 8.42 Å². The number of aliphatic hydroxyl groups is 1. The normalized spacial score (nSPS) is 15.7. The van der Waals surface area contributed by atoms with Crippen molar-refractivity contribution in [1.82, 2.24) is 4.72 Å². The van der Waals surface area contributed by atoms with E-state index in [1.165, 1.54) is 12.8 Å². The maximum Gasteiger partial charge on any atom is 0.240 e. The van der Waals surface area contributed by atoms with Crippen LogP contribution in [0.15, 0.2) is 23.1 Å². The molecule has 0 atom stereocenters. The molecule has 1 saturated carbocycles. The fraction of sp³-hybridized carbons (Fsp3) is 0.500. The van der Waals surface area contributed by atoms with Gasteiger partial charge in [-0.25, -0.2) is 13.1 Å². The summed E-state index contributed by atoms with van der Waals surface area (Å²) in [4.78, 5) is 0.269. The first-order valence-electron chi connectivity index (χ1n) is 7.23. The van der Waals surface area contributed by atoms with Gasteiger partial charge in [0.05, 0.1) is 4.90 Å². The van der Waals surface area contributed by atoms with Gasteiger partial charge < -0.3 is 5.11 Å². The Morgan fingerprint density at radius 2 is 2.05 bits per heavy atom. The fourth-order valence-electron chi connectivity index (χ4n) is 2.63. The Hall–Kier alpha value is -1.35. The molecule has 114 valence electrons. The summed E-state index contributed by atoms with van der Waals surface area (Å²) in [6.07, 6.45) is 4.59. The number of nitrogens with one attached hydrogen (secondary N) is 1. The van der Waals surface area contributed by atoms with Crippen LogP contribution in [0.4, 0.5) is 0 Å². The second-order valence-corrected chi connectivity index (χ2v) is 7.18. The number of hydrogen-bond donors (Lipinski definition) is 2. The molecule has 0 radical (unpaired) electrons. The Labute approximate surface area is 126 Å². The van der Waals surface area contributed by atoms with Gasteiger partial charge in [0.2, 0.25) is 10.0 Å². The Morgan fingerprint density at radius 1 is 1.33 bits per heavy atom.